The summed E-state index contributed by atoms with van der Waals surface area (Å²) in [5, 5.41) is 11.8. The molecule has 0 saturated carbocycles. The van der Waals surface area contributed by atoms with Crippen LogP contribution in [0.25, 0.3) is 22.0 Å². The minimum absolute atomic E-state index is 0.0432. The van der Waals surface area contributed by atoms with Crippen molar-refractivity contribution in [3.05, 3.63) is 52.2 Å². The van der Waals surface area contributed by atoms with Crippen molar-refractivity contribution >= 4 is 54.2 Å². The van der Waals surface area contributed by atoms with E-state index >= 15 is 0 Å². The highest BCUT2D eigenvalue weighted by Gasteiger charge is 2.38. The van der Waals surface area contributed by atoms with Crippen molar-refractivity contribution in [2.75, 3.05) is 41.1 Å². The molecule has 0 saturated heterocycles. The smallest absolute Gasteiger partial charge is 0.337 e. The Bertz CT molecular complexity index is 1530. The van der Waals surface area contributed by atoms with Gasteiger partial charge in [-0.15, -0.1) is 0 Å². The van der Waals surface area contributed by atoms with Crippen LogP contribution < -0.4 is 4.31 Å². The highest BCUT2D eigenvalue weighted by Crippen LogP contribution is 2.49. The molecule has 0 bridgehead atoms. The molecule has 214 valence electrons. The number of ether oxygens (including phenoxy) is 1. The van der Waals surface area contributed by atoms with E-state index in [-0.39, 0.29) is 12.3 Å². The largest absolute Gasteiger partial charge is 0.479 e. The first-order chi connectivity index (χ1) is 17.9. The number of benzene rings is 2. The summed E-state index contributed by atoms with van der Waals surface area (Å²) in [5.74, 6) is -0.497. The fourth-order valence-corrected chi connectivity index (χ4v) is 9.29. The molecule has 0 radical (unpaired) electrons. The van der Waals surface area contributed by atoms with E-state index in [0.717, 1.165) is 27.7 Å². The number of hydrogen-bond donors (Lipinski definition) is 1. The van der Waals surface area contributed by atoms with Gasteiger partial charge in [0.2, 0.25) is 10.0 Å². The van der Waals surface area contributed by atoms with Crippen molar-refractivity contribution in [1.29, 1.82) is 0 Å². The molecule has 10 heteroatoms. The highest BCUT2D eigenvalue weighted by molar-refractivity contribution is 8.32. The van der Waals surface area contributed by atoms with E-state index in [4.69, 9.17) is 16.3 Å². The summed E-state index contributed by atoms with van der Waals surface area (Å²) >= 11 is 6.21. The summed E-state index contributed by atoms with van der Waals surface area (Å²) in [6.45, 7) is 10.1. The van der Waals surface area contributed by atoms with Crippen molar-refractivity contribution < 1.29 is 23.1 Å². The Kier molecular flexibility index (Phi) is 7.88. The number of nitrogens with zero attached hydrogens (tertiary/aromatic N) is 2. The lowest BCUT2D eigenvalue weighted by atomic mass is 9.87. The molecule has 1 atom stereocenters. The third-order valence-corrected chi connectivity index (χ3v) is 10.7. The SMILES string of the molecule is Cc1c([C@H](OC(C)(C)C)C(=O)O)c(-c2ccc(Cl)cc2)c2cc(C)n3c2c1N(S(=O)(=O)CCS(C)(C)C)CC3. The van der Waals surface area contributed by atoms with Crippen molar-refractivity contribution in [2.45, 2.75) is 52.9 Å². The molecule has 4 rings (SSSR count). The van der Waals surface area contributed by atoms with Crippen LogP contribution in [0.1, 0.15) is 43.7 Å². The maximum absolute atomic E-state index is 13.8. The molecule has 0 unspecified atom stereocenters. The number of sulfonamides is 1. The van der Waals surface area contributed by atoms with Gasteiger partial charge in [0, 0.05) is 28.2 Å². The molecule has 0 spiro atoms. The molecule has 1 N–H and O–H groups in total. The summed E-state index contributed by atoms with van der Waals surface area (Å²) in [5.41, 5.74) is 4.14. The molecular formula is C29H39ClN2O5S2. The second-order valence-electron chi connectivity index (χ2n) is 12.1. The summed E-state index contributed by atoms with van der Waals surface area (Å²) in [6.07, 6.45) is 5.01. The van der Waals surface area contributed by atoms with Crippen LogP contribution in [0.5, 0.6) is 0 Å². The monoisotopic (exact) mass is 594 g/mol. The van der Waals surface area contributed by atoms with Gasteiger partial charge in [-0.1, -0.05) is 23.7 Å². The lowest BCUT2D eigenvalue weighted by molar-refractivity contribution is -0.160. The standard InChI is InChI=1S/C29H39ClN2O5S2/c1-18-17-22-24(20-9-11-21(30)12-10-20)23(27(28(33)34)37-29(3,4)5)19(2)25-26(22)31(18)13-14-32(25)39(35,36)16-15-38(6,7)8/h9-12,17,27H,13-16H2,1-8H3,(H,33,34)/t27-/m0/s1. The number of halogens is 1. The molecule has 0 amide bonds. The van der Waals surface area contributed by atoms with Crippen LogP contribution in [0.15, 0.2) is 30.3 Å². The maximum atomic E-state index is 13.8. The van der Waals surface area contributed by atoms with Gasteiger partial charge in [-0.2, -0.15) is 0 Å². The van der Waals surface area contributed by atoms with Gasteiger partial charge in [-0.05, 0) is 94.0 Å². The lowest BCUT2D eigenvalue weighted by Gasteiger charge is -2.36. The lowest BCUT2D eigenvalue weighted by Crippen LogP contribution is -2.40. The highest BCUT2D eigenvalue weighted by atomic mass is 35.5. The first kappa shape index (κ1) is 29.8. The van der Waals surface area contributed by atoms with Gasteiger partial charge in [0.1, 0.15) is 0 Å². The molecule has 7 nitrogen and oxygen atoms in total. The fraction of sp³-hybridized carbons (Fsp3) is 0.483. The molecule has 0 fully saturated rings. The van der Waals surface area contributed by atoms with Gasteiger partial charge in [0.25, 0.3) is 0 Å². The zero-order chi connectivity index (χ0) is 29.1. The summed E-state index contributed by atoms with van der Waals surface area (Å²) < 4.78 is 37.5. The number of aryl methyl sites for hydroxylation is 1. The van der Waals surface area contributed by atoms with Gasteiger partial charge in [0.05, 0.1) is 29.1 Å². The van der Waals surface area contributed by atoms with Gasteiger partial charge in [-0.3, -0.25) is 4.31 Å². The summed E-state index contributed by atoms with van der Waals surface area (Å²) in [4.78, 5) is 12.8. The van der Waals surface area contributed by atoms with Gasteiger partial charge in [0.15, 0.2) is 6.10 Å². The predicted molar refractivity (Wildman–Crippen MR) is 164 cm³/mol. The average Bonchev–Trinajstić information content (AvgIpc) is 3.14. The minimum atomic E-state index is -3.66. The zero-order valence-corrected chi connectivity index (χ0v) is 26.4. The summed E-state index contributed by atoms with van der Waals surface area (Å²) in [6, 6.07) is 9.32. The van der Waals surface area contributed by atoms with E-state index < -0.39 is 37.7 Å². The predicted octanol–water partition coefficient (Wildman–Crippen LogP) is 6.36. The van der Waals surface area contributed by atoms with E-state index in [0.29, 0.717) is 34.1 Å². The second kappa shape index (κ2) is 10.3. The Morgan fingerprint density at radius 3 is 2.23 bits per heavy atom. The fourth-order valence-electron chi connectivity index (χ4n) is 5.24. The zero-order valence-electron chi connectivity index (χ0n) is 24.0. The number of anilines is 1. The maximum Gasteiger partial charge on any atom is 0.337 e. The normalized spacial score (nSPS) is 15.6. The first-order valence-electron chi connectivity index (χ1n) is 12.9. The molecule has 0 aliphatic carbocycles. The Labute approximate surface area is 238 Å². The number of carboxylic acid groups (broad SMARTS) is 1. The Balaban J connectivity index is 2.11. The number of aliphatic carboxylic acids is 1. The number of carboxylic acids is 1. The van der Waals surface area contributed by atoms with E-state index in [9.17, 15) is 18.3 Å². The van der Waals surface area contributed by atoms with Crippen LogP contribution in [0.2, 0.25) is 5.02 Å². The Morgan fingerprint density at radius 2 is 1.69 bits per heavy atom. The minimum Gasteiger partial charge on any atom is -0.479 e. The summed E-state index contributed by atoms with van der Waals surface area (Å²) in [7, 11) is -4.70. The number of carbonyl (C=O) groups is 1. The van der Waals surface area contributed by atoms with Crippen molar-refractivity contribution in [1.82, 2.24) is 4.57 Å². The van der Waals surface area contributed by atoms with Crippen LogP contribution in [-0.2, 0) is 26.1 Å². The molecule has 39 heavy (non-hydrogen) atoms. The number of aromatic nitrogens is 1. The molecule has 1 aliphatic heterocycles. The Hall–Kier alpha value is -2.20. The van der Waals surface area contributed by atoms with Crippen LogP contribution in [0.3, 0.4) is 0 Å². The van der Waals surface area contributed by atoms with Crippen molar-refractivity contribution in [3.63, 3.8) is 0 Å². The van der Waals surface area contributed by atoms with E-state index in [2.05, 4.69) is 23.3 Å². The second-order valence-corrected chi connectivity index (χ2v) is 19.1. The van der Waals surface area contributed by atoms with E-state index in [1.807, 2.05) is 52.8 Å². The van der Waals surface area contributed by atoms with Crippen LogP contribution in [0, 0.1) is 13.8 Å². The van der Waals surface area contributed by atoms with Gasteiger partial charge < -0.3 is 14.4 Å². The van der Waals surface area contributed by atoms with Gasteiger partial charge >= 0.3 is 5.97 Å². The molecular weight excluding hydrogens is 556 g/mol. The quantitative estimate of drug-likeness (QED) is 0.328. The van der Waals surface area contributed by atoms with Crippen molar-refractivity contribution in [3.8, 4) is 11.1 Å². The van der Waals surface area contributed by atoms with Crippen molar-refractivity contribution in [2.24, 2.45) is 0 Å². The van der Waals surface area contributed by atoms with Crippen LogP contribution in [0.4, 0.5) is 5.69 Å². The molecule has 1 aromatic heterocycles. The van der Waals surface area contributed by atoms with E-state index in [1.165, 1.54) is 4.31 Å². The van der Waals surface area contributed by atoms with E-state index in [1.54, 1.807) is 12.1 Å². The number of hydrogen-bond acceptors (Lipinski definition) is 4. The van der Waals surface area contributed by atoms with Crippen LogP contribution in [-0.4, -0.2) is 66.5 Å². The third kappa shape index (κ3) is 5.97. The topological polar surface area (TPSA) is 88.8 Å². The number of rotatable bonds is 8. The molecule has 2 heterocycles. The van der Waals surface area contributed by atoms with Crippen LogP contribution >= 0.6 is 21.6 Å². The molecule has 2 aromatic carbocycles. The Morgan fingerprint density at radius 1 is 1.08 bits per heavy atom. The molecule has 3 aromatic rings. The average molecular weight is 595 g/mol. The first-order valence-corrected chi connectivity index (χ1v) is 17.9. The molecule has 1 aliphatic rings. The third-order valence-electron chi connectivity index (χ3n) is 6.98. The van der Waals surface area contributed by atoms with Gasteiger partial charge in [-0.25, -0.2) is 23.2 Å².